The number of hydrogen-bond acceptors (Lipinski definition) is 2. The van der Waals surface area contributed by atoms with Gasteiger partial charge in [0.1, 0.15) is 10.7 Å². The van der Waals surface area contributed by atoms with Gasteiger partial charge in [-0.15, -0.1) is 0 Å². The Morgan fingerprint density at radius 1 is 1.33 bits per heavy atom. The van der Waals surface area contributed by atoms with Crippen LogP contribution in [0.15, 0.2) is 27.6 Å². The van der Waals surface area contributed by atoms with Gasteiger partial charge in [0.05, 0.1) is 0 Å². The van der Waals surface area contributed by atoms with Gasteiger partial charge in [-0.25, -0.2) is 12.8 Å². The first-order valence-corrected chi connectivity index (χ1v) is 8.01. The highest BCUT2D eigenvalue weighted by Gasteiger charge is 2.28. The van der Waals surface area contributed by atoms with Crippen molar-refractivity contribution in [1.29, 1.82) is 0 Å². The summed E-state index contributed by atoms with van der Waals surface area (Å²) in [5.74, 6) is -0.734. The Morgan fingerprint density at radius 3 is 2.33 bits per heavy atom. The summed E-state index contributed by atoms with van der Waals surface area (Å²) in [6.07, 6.45) is 1.40. The highest BCUT2D eigenvalue weighted by Crippen LogP contribution is 2.24. The lowest BCUT2D eigenvalue weighted by Gasteiger charge is -2.25. The van der Waals surface area contributed by atoms with E-state index in [4.69, 9.17) is 0 Å². The van der Waals surface area contributed by atoms with Gasteiger partial charge in [-0.2, -0.15) is 4.31 Å². The van der Waals surface area contributed by atoms with E-state index in [0.29, 0.717) is 17.3 Å². The highest BCUT2D eigenvalue weighted by atomic mass is 79.9. The third-order valence-electron chi connectivity index (χ3n) is 3.01. The molecule has 0 aliphatic rings. The van der Waals surface area contributed by atoms with Crippen LogP contribution < -0.4 is 0 Å². The zero-order valence-corrected chi connectivity index (χ0v) is 13.1. The van der Waals surface area contributed by atoms with Crippen molar-refractivity contribution < 1.29 is 12.8 Å². The van der Waals surface area contributed by atoms with Gasteiger partial charge < -0.3 is 0 Å². The summed E-state index contributed by atoms with van der Waals surface area (Å²) in [5.41, 5.74) is 0. The van der Waals surface area contributed by atoms with Crippen LogP contribution in [0.3, 0.4) is 0 Å². The minimum absolute atomic E-state index is 0.113. The van der Waals surface area contributed by atoms with Crippen LogP contribution in [0, 0.1) is 5.82 Å². The number of halogens is 2. The van der Waals surface area contributed by atoms with Crippen molar-refractivity contribution in [3.05, 3.63) is 28.5 Å². The molecule has 3 nitrogen and oxygen atoms in total. The molecule has 1 aromatic rings. The van der Waals surface area contributed by atoms with Crippen molar-refractivity contribution in [3.63, 3.8) is 0 Å². The summed E-state index contributed by atoms with van der Waals surface area (Å²) >= 11 is 3.11. The van der Waals surface area contributed by atoms with Crippen molar-refractivity contribution >= 4 is 26.0 Å². The van der Waals surface area contributed by atoms with Crippen LogP contribution in [0.4, 0.5) is 4.39 Å². The lowest BCUT2D eigenvalue weighted by atomic mass is 10.2. The molecule has 1 rings (SSSR count). The van der Waals surface area contributed by atoms with Gasteiger partial charge in [0.2, 0.25) is 10.0 Å². The van der Waals surface area contributed by atoms with Gasteiger partial charge in [-0.1, -0.05) is 29.8 Å². The normalized spacial score (nSPS) is 12.4. The molecule has 0 atom stereocenters. The molecule has 0 aromatic heterocycles. The van der Waals surface area contributed by atoms with Crippen LogP contribution in [0.1, 0.15) is 26.7 Å². The molecule has 0 radical (unpaired) electrons. The molecule has 0 bridgehead atoms. The fourth-order valence-corrected chi connectivity index (χ4v) is 3.72. The van der Waals surface area contributed by atoms with Crippen LogP contribution in [0.5, 0.6) is 0 Å². The minimum atomic E-state index is -3.77. The lowest BCUT2D eigenvalue weighted by Crippen LogP contribution is -2.36. The van der Waals surface area contributed by atoms with Gasteiger partial charge in [-0.3, -0.25) is 0 Å². The molecule has 0 saturated carbocycles. The van der Waals surface area contributed by atoms with E-state index in [9.17, 15) is 12.8 Å². The molecule has 0 N–H and O–H groups in total. The maximum absolute atomic E-state index is 13.7. The van der Waals surface area contributed by atoms with Gasteiger partial charge >= 0.3 is 0 Å². The predicted molar refractivity (Wildman–Crippen MR) is 73.4 cm³/mol. The Hall–Kier alpha value is -0.460. The van der Waals surface area contributed by atoms with Crippen LogP contribution in [0.2, 0.25) is 0 Å². The highest BCUT2D eigenvalue weighted by molar-refractivity contribution is 9.10. The molecule has 0 amide bonds. The third-order valence-corrected chi connectivity index (χ3v) is 5.44. The van der Waals surface area contributed by atoms with E-state index >= 15 is 0 Å². The van der Waals surface area contributed by atoms with Crippen molar-refractivity contribution in [2.75, 3.05) is 7.05 Å². The van der Waals surface area contributed by atoms with E-state index in [1.165, 1.54) is 23.5 Å². The molecular weight excluding hydrogens is 321 g/mol. The molecular formula is C12H17BrFNO2S. The average Bonchev–Trinajstić information content (AvgIpc) is 2.29. The van der Waals surface area contributed by atoms with E-state index in [2.05, 4.69) is 15.9 Å². The average molecular weight is 338 g/mol. The Balaban J connectivity index is 3.21. The van der Waals surface area contributed by atoms with Gasteiger partial charge in [-0.05, 0) is 31.0 Å². The fraction of sp³-hybridized carbons (Fsp3) is 0.500. The maximum Gasteiger partial charge on any atom is 0.245 e. The van der Waals surface area contributed by atoms with E-state index in [1.54, 1.807) is 0 Å². The fourth-order valence-electron chi connectivity index (χ4n) is 1.84. The zero-order chi connectivity index (χ0) is 13.9. The molecule has 0 saturated heterocycles. The Labute approximate surface area is 116 Å². The standard InChI is InChI=1S/C12H17BrFNO2S/c1-4-10(5-2)15(3)18(16,17)12-7-6-9(13)8-11(12)14/h6-8,10H,4-5H2,1-3H3. The number of rotatable bonds is 5. The first-order valence-electron chi connectivity index (χ1n) is 5.77. The first-order chi connectivity index (χ1) is 8.34. The largest absolute Gasteiger partial charge is 0.245 e. The first kappa shape index (κ1) is 15.6. The van der Waals surface area contributed by atoms with E-state index < -0.39 is 15.8 Å². The van der Waals surface area contributed by atoms with E-state index in [-0.39, 0.29) is 10.9 Å². The van der Waals surface area contributed by atoms with E-state index in [1.807, 2.05) is 13.8 Å². The summed E-state index contributed by atoms with van der Waals surface area (Å²) in [7, 11) is -2.28. The Kier molecular flexibility index (Phi) is 5.31. The minimum Gasteiger partial charge on any atom is -0.207 e. The summed E-state index contributed by atoms with van der Waals surface area (Å²) in [6.45, 7) is 3.83. The second-order valence-electron chi connectivity index (χ2n) is 4.07. The third kappa shape index (κ3) is 3.10. The molecule has 0 spiro atoms. The monoisotopic (exact) mass is 337 g/mol. The summed E-state index contributed by atoms with van der Waals surface area (Å²) < 4.78 is 40.1. The zero-order valence-electron chi connectivity index (χ0n) is 10.7. The predicted octanol–water partition coefficient (Wildman–Crippen LogP) is 3.40. The van der Waals surface area contributed by atoms with E-state index in [0.717, 1.165) is 6.07 Å². The van der Waals surface area contributed by atoms with Crippen molar-refractivity contribution in [1.82, 2.24) is 4.31 Å². The van der Waals surface area contributed by atoms with Crippen LogP contribution >= 0.6 is 15.9 Å². The number of hydrogen-bond donors (Lipinski definition) is 0. The summed E-state index contributed by atoms with van der Waals surface area (Å²) in [5, 5.41) is 0. The van der Waals surface area contributed by atoms with Crippen molar-refractivity contribution in [2.45, 2.75) is 37.6 Å². The molecule has 0 aliphatic carbocycles. The molecule has 6 heteroatoms. The number of sulfonamides is 1. The number of benzene rings is 1. The maximum atomic E-state index is 13.7. The lowest BCUT2D eigenvalue weighted by molar-refractivity contribution is 0.348. The molecule has 0 heterocycles. The van der Waals surface area contributed by atoms with Gasteiger partial charge in [0.15, 0.2) is 0 Å². The molecule has 18 heavy (non-hydrogen) atoms. The topological polar surface area (TPSA) is 37.4 Å². The number of nitrogens with zero attached hydrogens (tertiary/aromatic N) is 1. The van der Waals surface area contributed by atoms with Gasteiger partial charge in [0.25, 0.3) is 0 Å². The second-order valence-corrected chi connectivity index (χ2v) is 6.95. The summed E-state index contributed by atoms with van der Waals surface area (Å²) in [4.78, 5) is -0.278. The Morgan fingerprint density at radius 2 is 1.89 bits per heavy atom. The van der Waals surface area contributed by atoms with Crippen LogP contribution in [-0.4, -0.2) is 25.8 Å². The SMILES string of the molecule is CCC(CC)N(C)S(=O)(=O)c1ccc(Br)cc1F. The molecule has 0 unspecified atom stereocenters. The van der Waals surface area contributed by atoms with Gasteiger partial charge in [0, 0.05) is 17.6 Å². The molecule has 1 aromatic carbocycles. The second kappa shape index (κ2) is 6.12. The van der Waals surface area contributed by atoms with Crippen molar-refractivity contribution in [3.8, 4) is 0 Å². The smallest absolute Gasteiger partial charge is 0.207 e. The Bertz CT molecular complexity index is 515. The molecule has 0 fully saturated rings. The summed E-state index contributed by atoms with van der Waals surface area (Å²) in [6, 6.07) is 3.86. The van der Waals surface area contributed by atoms with Crippen LogP contribution in [-0.2, 0) is 10.0 Å². The van der Waals surface area contributed by atoms with Crippen molar-refractivity contribution in [2.24, 2.45) is 0 Å². The quantitative estimate of drug-likeness (QED) is 0.825. The molecule has 0 aliphatic heterocycles. The molecule has 102 valence electrons. The van der Waals surface area contributed by atoms with Crippen LogP contribution in [0.25, 0.3) is 0 Å².